The van der Waals surface area contributed by atoms with Crippen molar-refractivity contribution in [3.05, 3.63) is 34.9 Å². The van der Waals surface area contributed by atoms with Crippen LogP contribution < -0.4 is 15.5 Å². The van der Waals surface area contributed by atoms with Crippen molar-refractivity contribution in [2.75, 3.05) is 19.6 Å². The summed E-state index contributed by atoms with van der Waals surface area (Å²) < 4.78 is 0. The van der Waals surface area contributed by atoms with Gasteiger partial charge in [-0.15, -0.1) is 0 Å². The van der Waals surface area contributed by atoms with Crippen molar-refractivity contribution in [2.24, 2.45) is 0 Å². The molecule has 1 aromatic carbocycles. The summed E-state index contributed by atoms with van der Waals surface area (Å²) in [6.07, 6.45) is 2.16. The molecular formula is C16H23ClN3O2+. The monoisotopic (exact) mass is 324 g/mol. The first kappa shape index (κ1) is 16.8. The average molecular weight is 325 g/mol. The molecule has 0 radical (unpaired) electrons. The number of likely N-dealkylation sites (N-methyl/N-ethyl adjacent to an activating group) is 1. The lowest BCUT2D eigenvalue weighted by molar-refractivity contribution is -0.881. The molecule has 1 aromatic rings. The summed E-state index contributed by atoms with van der Waals surface area (Å²) >= 11 is 5.82. The lowest BCUT2D eigenvalue weighted by Gasteiger charge is -2.16. The van der Waals surface area contributed by atoms with Crippen molar-refractivity contribution in [3.63, 3.8) is 0 Å². The van der Waals surface area contributed by atoms with Crippen molar-refractivity contribution in [2.45, 2.75) is 32.4 Å². The largest absolute Gasteiger partial charge is 0.348 e. The Bertz CT molecular complexity index is 515. The van der Waals surface area contributed by atoms with Gasteiger partial charge in [0.15, 0.2) is 13.1 Å². The predicted molar refractivity (Wildman–Crippen MR) is 85.7 cm³/mol. The molecule has 2 rings (SSSR count). The van der Waals surface area contributed by atoms with Crippen LogP contribution in [0.2, 0.25) is 5.02 Å². The van der Waals surface area contributed by atoms with Gasteiger partial charge in [-0.2, -0.15) is 0 Å². The highest BCUT2D eigenvalue weighted by molar-refractivity contribution is 6.30. The smallest absolute Gasteiger partial charge is 0.275 e. The van der Waals surface area contributed by atoms with Crippen LogP contribution in [0, 0.1) is 0 Å². The van der Waals surface area contributed by atoms with E-state index in [1.54, 1.807) is 12.1 Å². The van der Waals surface area contributed by atoms with Gasteiger partial charge in [-0.3, -0.25) is 9.59 Å². The first-order valence-electron chi connectivity index (χ1n) is 7.71. The first-order valence-corrected chi connectivity index (χ1v) is 8.08. The summed E-state index contributed by atoms with van der Waals surface area (Å²) in [6.45, 7) is 3.85. The van der Waals surface area contributed by atoms with E-state index in [9.17, 15) is 9.59 Å². The lowest BCUT2D eigenvalue weighted by Crippen LogP contribution is -3.14. The van der Waals surface area contributed by atoms with Gasteiger partial charge in [0.25, 0.3) is 11.8 Å². The number of quaternary nitrogens is 1. The van der Waals surface area contributed by atoms with E-state index < -0.39 is 0 Å². The second kappa shape index (κ2) is 8.15. The summed E-state index contributed by atoms with van der Waals surface area (Å²) in [7, 11) is 0. The summed E-state index contributed by atoms with van der Waals surface area (Å²) in [4.78, 5) is 24.7. The van der Waals surface area contributed by atoms with Crippen LogP contribution in [0.5, 0.6) is 0 Å². The Hall–Kier alpha value is -1.59. The topological polar surface area (TPSA) is 62.6 Å². The molecule has 5 nitrogen and oxygen atoms in total. The van der Waals surface area contributed by atoms with Crippen molar-refractivity contribution in [3.8, 4) is 0 Å². The van der Waals surface area contributed by atoms with E-state index in [0.29, 0.717) is 30.7 Å². The molecule has 3 N–H and O–H groups in total. The Morgan fingerprint density at radius 2 is 1.82 bits per heavy atom. The molecule has 1 atom stereocenters. The highest BCUT2D eigenvalue weighted by atomic mass is 35.5. The molecule has 1 fully saturated rings. The number of rotatable bonds is 8. The van der Waals surface area contributed by atoms with E-state index in [-0.39, 0.29) is 11.8 Å². The summed E-state index contributed by atoms with van der Waals surface area (Å²) in [5, 5.41) is 6.51. The number of hydrogen-bond acceptors (Lipinski definition) is 2. The van der Waals surface area contributed by atoms with Gasteiger partial charge in [0.1, 0.15) is 0 Å². The number of benzene rings is 1. The summed E-state index contributed by atoms with van der Waals surface area (Å²) in [5.41, 5.74) is 1.00. The molecule has 22 heavy (non-hydrogen) atoms. The maximum absolute atomic E-state index is 12.0. The average Bonchev–Trinajstić information content (AvgIpc) is 3.29. The van der Waals surface area contributed by atoms with Crippen LogP contribution in [-0.2, 0) is 16.1 Å². The number of halogens is 1. The van der Waals surface area contributed by atoms with E-state index in [2.05, 4.69) is 10.6 Å². The Labute approximate surface area is 136 Å². The second-order valence-corrected chi connectivity index (χ2v) is 6.14. The third-order valence-electron chi connectivity index (χ3n) is 3.67. The van der Waals surface area contributed by atoms with Gasteiger partial charge in [0, 0.05) is 17.6 Å². The van der Waals surface area contributed by atoms with E-state index in [0.717, 1.165) is 29.8 Å². The standard InChI is InChI=1S/C16H22ClN3O2/c1-2-20(11-16(22)19-14-7-8-14)10-15(21)18-9-12-3-5-13(17)6-4-12/h3-6,14H,2,7-11H2,1H3,(H,18,21)(H,19,22)/p+1. The molecule has 6 heteroatoms. The molecule has 1 aliphatic rings. The summed E-state index contributed by atoms with van der Waals surface area (Å²) in [5.74, 6) is -0.0177. The normalized spacial score (nSPS) is 15.2. The minimum atomic E-state index is -0.0500. The zero-order valence-corrected chi connectivity index (χ0v) is 13.6. The van der Waals surface area contributed by atoms with Crippen LogP contribution in [0.15, 0.2) is 24.3 Å². The third-order valence-corrected chi connectivity index (χ3v) is 3.92. The fourth-order valence-corrected chi connectivity index (χ4v) is 2.26. The second-order valence-electron chi connectivity index (χ2n) is 5.70. The zero-order chi connectivity index (χ0) is 15.9. The molecule has 1 aliphatic carbocycles. The Balaban J connectivity index is 1.71. The van der Waals surface area contributed by atoms with Gasteiger partial charge < -0.3 is 15.5 Å². The fourth-order valence-electron chi connectivity index (χ4n) is 2.14. The summed E-state index contributed by atoms with van der Waals surface area (Å²) in [6, 6.07) is 7.74. The van der Waals surface area contributed by atoms with Crippen molar-refractivity contribution in [1.29, 1.82) is 0 Å². The van der Waals surface area contributed by atoms with Crippen LogP contribution in [-0.4, -0.2) is 37.5 Å². The number of nitrogens with one attached hydrogen (secondary N) is 3. The van der Waals surface area contributed by atoms with Crippen LogP contribution in [0.1, 0.15) is 25.3 Å². The number of amides is 2. The van der Waals surface area contributed by atoms with Crippen molar-refractivity contribution >= 4 is 23.4 Å². The Morgan fingerprint density at radius 3 is 2.41 bits per heavy atom. The van der Waals surface area contributed by atoms with E-state index in [4.69, 9.17) is 11.6 Å². The van der Waals surface area contributed by atoms with Gasteiger partial charge in [-0.05, 0) is 37.5 Å². The molecule has 0 heterocycles. The van der Waals surface area contributed by atoms with Gasteiger partial charge >= 0.3 is 0 Å². The van der Waals surface area contributed by atoms with Gasteiger partial charge in [0.05, 0.1) is 6.54 Å². The highest BCUT2D eigenvalue weighted by Crippen LogP contribution is 2.17. The predicted octanol–water partition coefficient (Wildman–Crippen LogP) is 0.140. The van der Waals surface area contributed by atoms with Gasteiger partial charge in [0.2, 0.25) is 0 Å². The maximum Gasteiger partial charge on any atom is 0.275 e. The van der Waals surface area contributed by atoms with Crippen LogP contribution in [0.25, 0.3) is 0 Å². The molecule has 0 bridgehead atoms. The molecule has 0 saturated heterocycles. The number of carbonyl (C=O) groups is 2. The van der Waals surface area contributed by atoms with Crippen molar-refractivity contribution < 1.29 is 14.5 Å². The third kappa shape index (κ3) is 6.03. The molecule has 0 aliphatic heterocycles. The Kier molecular flexibility index (Phi) is 6.21. The molecular weight excluding hydrogens is 302 g/mol. The number of hydrogen-bond donors (Lipinski definition) is 3. The van der Waals surface area contributed by atoms with E-state index >= 15 is 0 Å². The molecule has 120 valence electrons. The van der Waals surface area contributed by atoms with Crippen LogP contribution in [0.4, 0.5) is 0 Å². The maximum atomic E-state index is 12.0. The van der Waals surface area contributed by atoms with Crippen LogP contribution >= 0.6 is 11.6 Å². The molecule has 0 aromatic heterocycles. The fraction of sp³-hybridized carbons (Fsp3) is 0.500. The zero-order valence-electron chi connectivity index (χ0n) is 12.8. The highest BCUT2D eigenvalue weighted by Gasteiger charge is 2.25. The van der Waals surface area contributed by atoms with E-state index in [1.807, 2.05) is 19.1 Å². The molecule has 0 spiro atoms. The first-order chi connectivity index (χ1) is 10.6. The molecule has 2 amide bonds. The quantitative estimate of drug-likeness (QED) is 0.637. The van der Waals surface area contributed by atoms with Gasteiger partial charge in [-0.25, -0.2) is 0 Å². The number of carbonyl (C=O) groups excluding carboxylic acids is 2. The SMILES string of the molecule is CC[NH+](CC(=O)NCc1ccc(Cl)cc1)CC(=O)NC1CC1. The Morgan fingerprint density at radius 1 is 1.18 bits per heavy atom. The van der Waals surface area contributed by atoms with Crippen LogP contribution in [0.3, 0.4) is 0 Å². The molecule has 1 saturated carbocycles. The minimum Gasteiger partial charge on any atom is -0.348 e. The lowest BCUT2D eigenvalue weighted by atomic mass is 10.2. The molecule has 1 unspecified atom stereocenters. The van der Waals surface area contributed by atoms with E-state index in [1.165, 1.54) is 0 Å². The van der Waals surface area contributed by atoms with Crippen molar-refractivity contribution in [1.82, 2.24) is 10.6 Å². The minimum absolute atomic E-state index is 0.0323. The van der Waals surface area contributed by atoms with Gasteiger partial charge in [-0.1, -0.05) is 23.7 Å².